The molecule has 172 valence electrons. The zero-order valence-corrected chi connectivity index (χ0v) is 19.1. The minimum atomic E-state index is 0.105. The van der Waals surface area contributed by atoms with Gasteiger partial charge < -0.3 is 9.64 Å². The van der Waals surface area contributed by atoms with Crippen molar-refractivity contribution in [3.8, 4) is 17.0 Å². The van der Waals surface area contributed by atoms with Gasteiger partial charge in [0.15, 0.2) is 0 Å². The topological polar surface area (TPSA) is 61.5 Å². The standard InChI is InChI=1S/C27H32N4O2/c32-27(23-15-22(28-29-23)17-6-7-25-18(12-17)8-11-33-25)31-10-3-4-19-13-20-14-21(26(19)31)16-30-9-2-1-5-24(20)30/h6-7,12-13,15,20-21,24,26H,1-5,8-11,14,16H2,(H,28,29)/t20-,21+,24-,26+/m0/s1. The van der Waals surface area contributed by atoms with Crippen molar-refractivity contribution in [3.05, 3.63) is 47.2 Å². The van der Waals surface area contributed by atoms with Crippen molar-refractivity contribution in [1.29, 1.82) is 0 Å². The van der Waals surface area contributed by atoms with E-state index in [1.165, 1.54) is 43.4 Å². The number of fused-ring (bicyclic) bond motifs is 7. The van der Waals surface area contributed by atoms with Crippen molar-refractivity contribution in [2.75, 3.05) is 26.2 Å². The number of benzene rings is 1. The fourth-order valence-corrected chi connectivity index (χ4v) is 7.28. The summed E-state index contributed by atoms with van der Waals surface area (Å²) in [6, 6.07) is 9.13. The Morgan fingerprint density at radius 3 is 3.06 bits per heavy atom. The average molecular weight is 445 g/mol. The molecule has 0 spiro atoms. The second-order valence-corrected chi connectivity index (χ2v) is 10.6. The first-order valence-corrected chi connectivity index (χ1v) is 12.8. The van der Waals surface area contributed by atoms with Crippen molar-refractivity contribution >= 4 is 5.91 Å². The van der Waals surface area contributed by atoms with E-state index >= 15 is 0 Å². The maximum atomic E-state index is 13.7. The first kappa shape index (κ1) is 19.8. The minimum absolute atomic E-state index is 0.105. The number of nitrogens with one attached hydrogen (secondary N) is 1. The van der Waals surface area contributed by atoms with E-state index in [-0.39, 0.29) is 11.9 Å². The molecule has 7 rings (SSSR count). The van der Waals surface area contributed by atoms with Gasteiger partial charge in [0.1, 0.15) is 11.4 Å². The summed E-state index contributed by atoms with van der Waals surface area (Å²) in [7, 11) is 0. The van der Waals surface area contributed by atoms with Gasteiger partial charge in [-0.1, -0.05) is 18.1 Å². The summed E-state index contributed by atoms with van der Waals surface area (Å²) in [6.45, 7) is 3.97. The van der Waals surface area contributed by atoms with Crippen molar-refractivity contribution < 1.29 is 9.53 Å². The van der Waals surface area contributed by atoms with Crippen molar-refractivity contribution in [2.45, 2.75) is 57.0 Å². The van der Waals surface area contributed by atoms with Crippen LogP contribution in [0.15, 0.2) is 35.9 Å². The molecule has 2 bridgehead atoms. The van der Waals surface area contributed by atoms with Crippen LogP contribution in [0.2, 0.25) is 0 Å². The molecule has 33 heavy (non-hydrogen) atoms. The number of H-pyrrole nitrogens is 1. The first-order chi connectivity index (χ1) is 16.2. The molecule has 1 aliphatic carbocycles. The molecule has 6 heteroatoms. The number of carbonyl (C=O) groups is 1. The lowest BCUT2D eigenvalue weighted by molar-refractivity contribution is 0.00131. The number of amides is 1. The zero-order valence-electron chi connectivity index (χ0n) is 19.1. The van der Waals surface area contributed by atoms with Crippen LogP contribution in [0.5, 0.6) is 5.75 Å². The molecule has 4 aliphatic heterocycles. The number of aromatic nitrogens is 2. The Balaban J connectivity index is 1.16. The van der Waals surface area contributed by atoms with Gasteiger partial charge >= 0.3 is 0 Å². The van der Waals surface area contributed by atoms with Crippen LogP contribution >= 0.6 is 0 Å². The smallest absolute Gasteiger partial charge is 0.272 e. The number of hydrogen-bond donors (Lipinski definition) is 1. The fourth-order valence-electron chi connectivity index (χ4n) is 7.28. The molecule has 2 aromatic rings. The molecule has 6 nitrogen and oxygen atoms in total. The van der Waals surface area contributed by atoms with Gasteiger partial charge in [-0.2, -0.15) is 5.10 Å². The summed E-state index contributed by atoms with van der Waals surface area (Å²) in [5.41, 5.74) is 5.23. The number of aromatic amines is 1. The summed E-state index contributed by atoms with van der Waals surface area (Å²) in [6.07, 6.45) is 11.0. The van der Waals surface area contributed by atoms with Crippen LogP contribution in [-0.2, 0) is 6.42 Å². The second kappa shape index (κ2) is 7.73. The predicted molar refractivity (Wildman–Crippen MR) is 126 cm³/mol. The van der Waals surface area contributed by atoms with E-state index in [1.807, 2.05) is 18.2 Å². The van der Waals surface area contributed by atoms with E-state index in [0.717, 1.165) is 62.0 Å². The Hall–Kier alpha value is -2.60. The molecule has 4 atom stereocenters. The van der Waals surface area contributed by atoms with Gasteiger partial charge in [-0.05, 0) is 80.3 Å². The Labute approximate surface area is 195 Å². The van der Waals surface area contributed by atoms with Crippen LogP contribution in [0.4, 0.5) is 0 Å². The summed E-state index contributed by atoms with van der Waals surface area (Å²) >= 11 is 0. The molecule has 0 unspecified atom stereocenters. The zero-order chi connectivity index (χ0) is 21.9. The van der Waals surface area contributed by atoms with Crippen LogP contribution in [0.1, 0.15) is 54.6 Å². The Morgan fingerprint density at radius 1 is 1.12 bits per heavy atom. The van der Waals surface area contributed by atoms with Crippen molar-refractivity contribution in [3.63, 3.8) is 0 Å². The highest BCUT2D eigenvalue weighted by atomic mass is 16.5. The van der Waals surface area contributed by atoms with Gasteiger partial charge in [0, 0.05) is 31.1 Å². The summed E-state index contributed by atoms with van der Waals surface area (Å²) < 4.78 is 5.63. The van der Waals surface area contributed by atoms with Gasteiger partial charge in [-0.25, -0.2) is 0 Å². The normalized spacial score (nSPS) is 30.7. The Kier molecular flexibility index (Phi) is 4.64. The molecule has 0 saturated carbocycles. The van der Waals surface area contributed by atoms with Crippen LogP contribution in [-0.4, -0.2) is 64.2 Å². The SMILES string of the molecule is O=C(c1cc(-c2ccc3c(c2)CCO3)n[nH]1)N1CCCC2=C[C@H]3C[C@H](CN4CCCC[C@@H]34)[C@@H]21. The van der Waals surface area contributed by atoms with Gasteiger partial charge in [-0.15, -0.1) is 0 Å². The van der Waals surface area contributed by atoms with Gasteiger partial charge in [0.25, 0.3) is 5.91 Å². The number of nitrogens with zero attached hydrogens (tertiary/aromatic N) is 3. The van der Waals surface area contributed by atoms with Gasteiger partial charge in [0.2, 0.25) is 0 Å². The van der Waals surface area contributed by atoms with Crippen LogP contribution in [0.3, 0.4) is 0 Å². The molecule has 3 saturated heterocycles. The highest BCUT2D eigenvalue weighted by molar-refractivity contribution is 5.94. The molecule has 3 fully saturated rings. The van der Waals surface area contributed by atoms with Crippen molar-refractivity contribution in [2.24, 2.45) is 11.8 Å². The minimum Gasteiger partial charge on any atom is -0.493 e. The maximum Gasteiger partial charge on any atom is 0.272 e. The van der Waals surface area contributed by atoms with Crippen LogP contribution in [0, 0.1) is 11.8 Å². The van der Waals surface area contributed by atoms with E-state index in [9.17, 15) is 4.79 Å². The van der Waals surface area contributed by atoms with Gasteiger partial charge in [0.05, 0.1) is 18.3 Å². The lowest BCUT2D eigenvalue weighted by atomic mass is 9.68. The number of ether oxygens (including phenoxy) is 1. The highest BCUT2D eigenvalue weighted by Crippen LogP contribution is 2.45. The Bertz CT molecular complexity index is 1120. The predicted octanol–water partition coefficient (Wildman–Crippen LogP) is 4.05. The second-order valence-electron chi connectivity index (χ2n) is 10.6. The first-order valence-electron chi connectivity index (χ1n) is 12.8. The third kappa shape index (κ3) is 3.25. The van der Waals surface area contributed by atoms with Gasteiger partial charge in [-0.3, -0.25) is 14.8 Å². The molecule has 5 heterocycles. The fraction of sp³-hybridized carbons (Fsp3) is 0.556. The molecule has 1 aromatic heterocycles. The number of piperidine rings is 3. The summed E-state index contributed by atoms with van der Waals surface area (Å²) in [5.74, 6) is 2.32. The molecular weight excluding hydrogens is 412 g/mol. The van der Waals surface area contributed by atoms with E-state index < -0.39 is 0 Å². The summed E-state index contributed by atoms with van der Waals surface area (Å²) in [5, 5.41) is 7.58. The van der Waals surface area contributed by atoms with Crippen LogP contribution < -0.4 is 4.74 Å². The quantitative estimate of drug-likeness (QED) is 0.710. The molecule has 0 radical (unpaired) electrons. The highest BCUT2D eigenvalue weighted by Gasteiger charge is 2.47. The van der Waals surface area contributed by atoms with Crippen LogP contribution in [0.25, 0.3) is 11.3 Å². The number of hydrogen-bond acceptors (Lipinski definition) is 4. The lowest BCUT2D eigenvalue weighted by Gasteiger charge is -2.54. The monoisotopic (exact) mass is 444 g/mol. The van der Waals surface area contributed by atoms with E-state index in [1.54, 1.807) is 0 Å². The van der Waals surface area contributed by atoms with E-state index in [4.69, 9.17) is 4.74 Å². The van der Waals surface area contributed by atoms with E-state index in [0.29, 0.717) is 17.5 Å². The lowest BCUT2D eigenvalue weighted by Crippen LogP contribution is -2.60. The number of rotatable bonds is 2. The number of carbonyl (C=O) groups excluding carboxylic acids is 1. The van der Waals surface area contributed by atoms with Crippen molar-refractivity contribution in [1.82, 2.24) is 20.0 Å². The average Bonchev–Trinajstić information content (AvgIpc) is 3.53. The molecular formula is C27H32N4O2. The third-order valence-corrected chi connectivity index (χ3v) is 8.71. The van der Waals surface area contributed by atoms with E-state index in [2.05, 4.69) is 32.1 Å². The third-order valence-electron chi connectivity index (χ3n) is 8.71. The molecule has 1 N–H and O–H groups in total. The maximum absolute atomic E-state index is 13.7. The molecule has 1 aromatic carbocycles. The largest absolute Gasteiger partial charge is 0.493 e. The molecule has 1 amide bonds. The number of likely N-dealkylation sites (tertiary alicyclic amines) is 1. The molecule has 5 aliphatic rings. The Morgan fingerprint density at radius 2 is 2.09 bits per heavy atom. The summed E-state index contributed by atoms with van der Waals surface area (Å²) in [4.78, 5) is 18.6.